The number of aromatic nitrogens is 1. The van der Waals surface area contributed by atoms with Gasteiger partial charge in [-0.05, 0) is 12.0 Å². The Balaban J connectivity index is 1.40. The van der Waals surface area contributed by atoms with Crippen molar-refractivity contribution in [3.05, 3.63) is 52.0 Å². The molecule has 1 N–H and O–H groups in total. The molecule has 1 aliphatic carbocycles. The van der Waals surface area contributed by atoms with Gasteiger partial charge in [0.15, 0.2) is 0 Å². The second-order valence-electron chi connectivity index (χ2n) is 9.47. The number of morpholine rings is 1. The van der Waals surface area contributed by atoms with E-state index in [0.29, 0.717) is 32.1 Å². The molecule has 2 aromatic rings. The number of hydrogen-bond donors (Lipinski definition) is 1. The number of urea groups is 1. The number of hydrogen-bond acceptors (Lipinski definition) is 7. The van der Waals surface area contributed by atoms with E-state index in [2.05, 4.69) is 29.0 Å². The largest absolute Gasteiger partial charge is 0.459 e. The lowest BCUT2D eigenvalue weighted by Crippen LogP contribution is -2.51. The Morgan fingerprint density at radius 2 is 2.03 bits per heavy atom. The summed E-state index contributed by atoms with van der Waals surface area (Å²) in [6.07, 6.45) is 0.575. The first-order valence-corrected chi connectivity index (χ1v) is 12.7. The number of amides is 2. The van der Waals surface area contributed by atoms with E-state index in [-0.39, 0.29) is 24.5 Å². The lowest BCUT2D eigenvalue weighted by atomic mass is 10.2. The van der Waals surface area contributed by atoms with Gasteiger partial charge in [0.1, 0.15) is 12.1 Å². The third-order valence-electron chi connectivity index (χ3n) is 6.40. The Bertz CT molecular complexity index is 976. The number of ether oxygens (including phenoxy) is 2. The van der Waals surface area contributed by atoms with Crippen molar-refractivity contribution in [3.8, 4) is 0 Å². The minimum absolute atomic E-state index is 0.0121. The standard InChI is InChI=1S/C25H34N4O4S/c1-18(2)22-26-21(17-34-22)15-28(3)24(31)27-25(13-20(25)14-29-9-11-32-12-10-29)23(30)33-16-19-7-5-4-6-8-19/h4-8,17-18,20H,9-16H2,1-3H3,(H,27,31). The van der Waals surface area contributed by atoms with Gasteiger partial charge in [0.05, 0.1) is 30.5 Å². The molecule has 9 heteroatoms. The van der Waals surface area contributed by atoms with Gasteiger partial charge in [0.25, 0.3) is 0 Å². The van der Waals surface area contributed by atoms with E-state index in [1.165, 1.54) is 0 Å². The summed E-state index contributed by atoms with van der Waals surface area (Å²) in [5.41, 5.74) is 0.779. The smallest absolute Gasteiger partial charge is 0.332 e. The molecule has 2 fully saturated rings. The quantitative estimate of drug-likeness (QED) is 0.548. The highest BCUT2D eigenvalue weighted by Crippen LogP contribution is 2.45. The van der Waals surface area contributed by atoms with Crippen LogP contribution in [0, 0.1) is 5.92 Å². The highest BCUT2D eigenvalue weighted by molar-refractivity contribution is 7.09. The molecule has 2 amide bonds. The lowest BCUT2D eigenvalue weighted by molar-refractivity contribution is -0.149. The second-order valence-corrected chi connectivity index (χ2v) is 10.4. The Kier molecular flexibility index (Phi) is 7.85. The van der Waals surface area contributed by atoms with Crippen molar-refractivity contribution in [2.45, 2.75) is 44.9 Å². The molecule has 1 saturated heterocycles. The average Bonchev–Trinajstić information content (AvgIpc) is 3.30. The van der Waals surface area contributed by atoms with Crippen molar-refractivity contribution in [1.29, 1.82) is 0 Å². The van der Waals surface area contributed by atoms with Crippen LogP contribution in [0.4, 0.5) is 4.79 Å². The van der Waals surface area contributed by atoms with E-state index in [9.17, 15) is 9.59 Å². The van der Waals surface area contributed by atoms with Crippen molar-refractivity contribution in [1.82, 2.24) is 20.1 Å². The molecule has 2 aliphatic rings. The van der Waals surface area contributed by atoms with Gasteiger partial charge in [-0.1, -0.05) is 44.2 Å². The summed E-state index contributed by atoms with van der Waals surface area (Å²) in [5.74, 6) is -0.00176. The van der Waals surface area contributed by atoms with Crippen LogP contribution in [-0.2, 0) is 27.4 Å². The molecule has 0 bridgehead atoms. The van der Waals surface area contributed by atoms with Crippen LogP contribution in [0.1, 0.15) is 42.5 Å². The molecule has 184 valence electrons. The molecule has 8 nitrogen and oxygen atoms in total. The molecule has 2 unspecified atom stereocenters. The predicted molar refractivity (Wildman–Crippen MR) is 131 cm³/mol. The summed E-state index contributed by atoms with van der Waals surface area (Å²) in [6.45, 7) is 8.57. The van der Waals surface area contributed by atoms with Crippen molar-refractivity contribution >= 4 is 23.3 Å². The molecule has 2 atom stereocenters. The van der Waals surface area contributed by atoms with Crippen molar-refractivity contribution < 1.29 is 19.1 Å². The van der Waals surface area contributed by atoms with Gasteiger partial charge in [-0.3, -0.25) is 4.90 Å². The van der Waals surface area contributed by atoms with Crippen LogP contribution in [-0.4, -0.2) is 72.2 Å². The topological polar surface area (TPSA) is 84.0 Å². The Morgan fingerprint density at radius 3 is 2.71 bits per heavy atom. The van der Waals surface area contributed by atoms with E-state index >= 15 is 0 Å². The van der Waals surface area contributed by atoms with Gasteiger partial charge < -0.3 is 19.7 Å². The lowest BCUT2D eigenvalue weighted by Gasteiger charge is -2.28. The molecular weight excluding hydrogens is 452 g/mol. The zero-order valence-corrected chi connectivity index (χ0v) is 21.0. The fourth-order valence-corrected chi connectivity index (χ4v) is 5.04. The molecule has 1 aromatic heterocycles. The monoisotopic (exact) mass is 486 g/mol. The molecule has 2 heterocycles. The third-order valence-corrected chi connectivity index (χ3v) is 7.60. The molecule has 4 rings (SSSR count). The highest BCUT2D eigenvalue weighted by Gasteiger charge is 2.63. The van der Waals surface area contributed by atoms with E-state index < -0.39 is 5.54 Å². The Hall–Kier alpha value is -2.49. The fourth-order valence-electron chi connectivity index (χ4n) is 4.21. The summed E-state index contributed by atoms with van der Waals surface area (Å²) in [7, 11) is 1.73. The maximum Gasteiger partial charge on any atom is 0.332 e. The van der Waals surface area contributed by atoms with Crippen LogP contribution in [0.15, 0.2) is 35.7 Å². The summed E-state index contributed by atoms with van der Waals surface area (Å²) < 4.78 is 11.1. The van der Waals surface area contributed by atoms with Crippen LogP contribution < -0.4 is 5.32 Å². The number of carbonyl (C=O) groups is 2. The Morgan fingerprint density at radius 1 is 1.29 bits per heavy atom. The molecule has 0 spiro atoms. The third kappa shape index (κ3) is 5.95. The molecule has 34 heavy (non-hydrogen) atoms. The fraction of sp³-hybridized carbons (Fsp3) is 0.560. The first kappa shape index (κ1) is 24.6. The average molecular weight is 487 g/mol. The molecular formula is C25H34N4O4S. The maximum absolute atomic E-state index is 13.2. The zero-order chi connectivity index (χ0) is 24.1. The number of nitrogens with zero attached hydrogens (tertiary/aromatic N) is 3. The van der Waals surface area contributed by atoms with E-state index in [1.807, 2.05) is 35.7 Å². The minimum Gasteiger partial charge on any atom is -0.459 e. The maximum atomic E-state index is 13.2. The van der Waals surface area contributed by atoms with Crippen LogP contribution in [0.2, 0.25) is 0 Å². The summed E-state index contributed by atoms with van der Waals surface area (Å²) >= 11 is 1.61. The van der Waals surface area contributed by atoms with Crippen molar-refractivity contribution in [2.75, 3.05) is 39.9 Å². The number of benzene rings is 1. The SMILES string of the molecule is CC(C)c1nc(CN(C)C(=O)NC2(C(=O)OCc3ccccc3)CC2CN2CCOCC2)cs1. The van der Waals surface area contributed by atoms with Gasteiger partial charge in [-0.15, -0.1) is 11.3 Å². The van der Waals surface area contributed by atoms with E-state index in [0.717, 1.165) is 35.9 Å². The number of nitrogens with one attached hydrogen (secondary N) is 1. The number of carbonyl (C=O) groups excluding carboxylic acids is 2. The van der Waals surface area contributed by atoms with Crippen LogP contribution >= 0.6 is 11.3 Å². The van der Waals surface area contributed by atoms with Gasteiger partial charge >= 0.3 is 12.0 Å². The van der Waals surface area contributed by atoms with Crippen molar-refractivity contribution in [3.63, 3.8) is 0 Å². The first-order valence-electron chi connectivity index (χ1n) is 11.9. The predicted octanol–water partition coefficient (Wildman–Crippen LogP) is 3.24. The minimum atomic E-state index is -0.996. The van der Waals surface area contributed by atoms with E-state index in [1.54, 1.807) is 23.3 Å². The normalized spacial score (nSPS) is 22.4. The molecule has 1 saturated carbocycles. The Labute approximate surface area is 205 Å². The number of rotatable bonds is 9. The second kappa shape index (κ2) is 10.8. The molecule has 1 aliphatic heterocycles. The van der Waals surface area contributed by atoms with Crippen LogP contribution in [0.5, 0.6) is 0 Å². The summed E-state index contributed by atoms with van der Waals surface area (Å²) in [4.78, 5) is 34.8. The number of esters is 1. The van der Waals surface area contributed by atoms with Gasteiger partial charge in [-0.2, -0.15) is 0 Å². The van der Waals surface area contributed by atoms with Gasteiger partial charge in [0.2, 0.25) is 0 Å². The first-order chi connectivity index (χ1) is 16.4. The van der Waals surface area contributed by atoms with E-state index in [4.69, 9.17) is 9.47 Å². The summed E-state index contributed by atoms with van der Waals surface area (Å²) in [5, 5.41) is 6.06. The van der Waals surface area contributed by atoms with Crippen LogP contribution in [0.25, 0.3) is 0 Å². The van der Waals surface area contributed by atoms with Crippen LogP contribution in [0.3, 0.4) is 0 Å². The van der Waals surface area contributed by atoms with Gasteiger partial charge in [-0.25, -0.2) is 14.6 Å². The zero-order valence-electron chi connectivity index (χ0n) is 20.2. The van der Waals surface area contributed by atoms with Crippen molar-refractivity contribution in [2.24, 2.45) is 5.92 Å². The summed E-state index contributed by atoms with van der Waals surface area (Å²) in [6, 6.07) is 9.30. The molecule has 1 aromatic carbocycles. The van der Waals surface area contributed by atoms with Gasteiger partial charge in [0, 0.05) is 43.9 Å². The number of thiazole rings is 1. The highest BCUT2D eigenvalue weighted by atomic mass is 32.1. The molecule has 0 radical (unpaired) electrons.